The van der Waals surface area contributed by atoms with Crippen molar-refractivity contribution in [2.75, 3.05) is 38.5 Å². The second kappa shape index (κ2) is 9.50. The normalized spacial score (nSPS) is 19.1. The minimum absolute atomic E-state index is 0.856. The van der Waals surface area contributed by atoms with Gasteiger partial charge in [0.05, 0.1) is 0 Å². The second-order valence-electron chi connectivity index (χ2n) is 6.17. The third-order valence-electron chi connectivity index (χ3n) is 4.15. The summed E-state index contributed by atoms with van der Waals surface area (Å²) in [4.78, 5) is 4.06. The van der Waals surface area contributed by atoms with E-state index in [1.54, 1.807) is 0 Å². The molecule has 3 heteroatoms. The second-order valence-corrected chi connectivity index (χ2v) is 7.34. The van der Waals surface area contributed by atoms with Gasteiger partial charge in [-0.05, 0) is 63.9 Å². The molecule has 1 atom stereocenters. The van der Waals surface area contributed by atoms with Crippen molar-refractivity contribution < 1.29 is 0 Å². The zero-order chi connectivity index (χ0) is 14.9. The van der Waals surface area contributed by atoms with Crippen LogP contribution in [0.1, 0.15) is 31.7 Å². The molecule has 1 N–H and O–H groups in total. The van der Waals surface area contributed by atoms with E-state index in [0.717, 1.165) is 5.92 Å². The van der Waals surface area contributed by atoms with E-state index in [9.17, 15) is 0 Å². The maximum Gasteiger partial charge on any atom is 0.0108 e. The van der Waals surface area contributed by atoms with Crippen LogP contribution in [0.4, 0.5) is 0 Å². The number of rotatable bonds is 8. The van der Waals surface area contributed by atoms with Gasteiger partial charge in [-0.2, -0.15) is 0 Å². The lowest BCUT2D eigenvalue weighted by molar-refractivity contribution is 0.218. The van der Waals surface area contributed by atoms with Gasteiger partial charge in [0, 0.05) is 23.7 Å². The first kappa shape index (κ1) is 16.9. The molecule has 0 amide bonds. The summed E-state index contributed by atoms with van der Waals surface area (Å²) in [6.07, 6.45) is 4.01. The smallest absolute Gasteiger partial charge is 0.0108 e. The van der Waals surface area contributed by atoms with Crippen LogP contribution in [0.5, 0.6) is 0 Å². The molecule has 0 bridgehead atoms. The summed E-state index contributed by atoms with van der Waals surface area (Å²) in [6.45, 7) is 10.6. The van der Waals surface area contributed by atoms with Crippen LogP contribution in [0.25, 0.3) is 0 Å². The number of nitrogens with zero attached hydrogens (tertiary/aromatic N) is 1. The molecule has 1 saturated heterocycles. The topological polar surface area (TPSA) is 15.3 Å². The van der Waals surface area contributed by atoms with E-state index in [2.05, 4.69) is 48.3 Å². The Hall–Kier alpha value is -0.510. The molecular formula is C18H30N2S. The minimum atomic E-state index is 0.856. The molecule has 21 heavy (non-hydrogen) atoms. The highest BCUT2D eigenvalue weighted by Gasteiger charge is 2.16. The number of hydrogen-bond donors (Lipinski definition) is 1. The van der Waals surface area contributed by atoms with E-state index < -0.39 is 0 Å². The molecule has 0 aliphatic carbocycles. The highest BCUT2D eigenvalue weighted by Crippen LogP contribution is 2.19. The molecule has 1 aliphatic rings. The van der Waals surface area contributed by atoms with E-state index in [-0.39, 0.29) is 0 Å². The molecule has 1 heterocycles. The predicted octanol–water partition coefficient (Wildman–Crippen LogP) is 3.80. The molecule has 0 aromatic heterocycles. The molecule has 1 aliphatic heterocycles. The van der Waals surface area contributed by atoms with E-state index >= 15 is 0 Å². The van der Waals surface area contributed by atoms with Gasteiger partial charge in [-0.3, -0.25) is 0 Å². The molecule has 1 unspecified atom stereocenters. The summed E-state index contributed by atoms with van der Waals surface area (Å²) in [6, 6.07) is 8.91. The summed E-state index contributed by atoms with van der Waals surface area (Å²) in [5.41, 5.74) is 1.34. The van der Waals surface area contributed by atoms with Crippen molar-refractivity contribution in [1.82, 2.24) is 10.2 Å². The molecule has 1 aromatic carbocycles. The first-order valence-corrected chi connectivity index (χ1v) is 9.39. The summed E-state index contributed by atoms with van der Waals surface area (Å²) in [5.74, 6) is 2.05. The van der Waals surface area contributed by atoms with Gasteiger partial charge in [-0.15, -0.1) is 11.8 Å². The molecule has 0 radical (unpaired) electrons. The van der Waals surface area contributed by atoms with Crippen molar-refractivity contribution in [2.45, 2.75) is 38.0 Å². The Bertz CT molecular complexity index is 385. The number of piperidine rings is 1. The lowest BCUT2D eigenvalue weighted by Gasteiger charge is -2.30. The minimum Gasteiger partial charge on any atom is -0.316 e. The lowest BCUT2D eigenvalue weighted by Crippen LogP contribution is -2.39. The van der Waals surface area contributed by atoms with Gasteiger partial charge in [-0.1, -0.05) is 24.6 Å². The van der Waals surface area contributed by atoms with Crippen molar-refractivity contribution >= 4 is 11.8 Å². The highest BCUT2D eigenvalue weighted by molar-refractivity contribution is 7.99. The quantitative estimate of drug-likeness (QED) is 0.736. The van der Waals surface area contributed by atoms with Gasteiger partial charge in [0.2, 0.25) is 0 Å². The van der Waals surface area contributed by atoms with Gasteiger partial charge in [0.1, 0.15) is 0 Å². The maximum absolute atomic E-state index is 3.54. The highest BCUT2D eigenvalue weighted by atomic mass is 32.2. The molecule has 0 saturated carbocycles. The lowest BCUT2D eigenvalue weighted by atomic mass is 9.99. The summed E-state index contributed by atoms with van der Waals surface area (Å²) in [5, 5.41) is 3.54. The Morgan fingerprint density at radius 1 is 1.24 bits per heavy atom. The predicted molar refractivity (Wildman–Crippen MR) is 94.2 cm³/mol. The Labute approximate surface area is 134 Å². The average Bonchev–Trinajstić information content (AvgIpc) is 2.50. The number of nitrogens with one attached hydrogen (secondary N) is 1. The molecular weight excluding hydrogens is 276 g/mol. The van der Waals surface area contributed by atoms with Gasteiger partial charge < -0.3 is 10.2 Å². The van der Waals surface area contributed by atoms with Crippen LogP contribution in [0, 0.1) is 12.8 Å². The third-order valence-corrected chi connectivity index (χ3v) is 5.14. The monoisotopic (exact) mass is 306 g/mol. The SMILES string of the molecule is CCCN(CCSc1ccc(C)cc1)CC1CCCNC1. The zero-order valence-corrected chi connectivity index (χ0v) is 14.4. The number of benzene rings is 1. The summed E-state index contributed by atoms with van der Waals surface area (Å²) >= 11 is 1.99. The van der Waals surface area contributed by atoms with Crippen molar-refractivity contribution in [1.29, 1.82) is 0 Å². The van der Waals surface area contributed by atoms with Gasteiger partial charge in [0.25, 0.3) is 0 Å². The van der Waals surface area contributed by atoms with Crippen LogP contribution in [-0.2, 0) is 0 Å². The summed E-state index contributed by atoms with van der Waals surface area (Å²) in [7, 11) is 0. The van der Waals surface area contributed by atoms with Crippen LogP contribution in [0.3, 0.4) is 0 Å². The van der Waals surface area contributed by atoms with Crippen molar-refractivity contribution in [3.8, 4) is 0 Å². The fraction of sp³-hybridized carbons (Fsp3) is 0.667. The van der Waals surface area contributed by atoms with Crippen LogP contribution >= 0.6 is 11.8 Å². The van der Waals surface area contributed by atoms with Crippen LogP contribution < -0.4 is 5.32 Å². The van der Waals surface area contributed by atoms with E-state index in [1.807, 2.05) is 11.8 Å². The van der Waals surface area contributed by atoms with Crippen molar-refractivity contribution in [3.05, 3.63) is 29.8 Å². The third kappa shape index (κ3) is 6.41. The standard InChI is InChI=1S/C18H30N2S/c1-3-11-20(15-17-5-4-10-19-14-17)12-13-21-18-8-6-16(2)7-9-18/h6-9,17,19H,3-5,10-15H2,1-2H3. The van der Waals surface area contributed by atoms with E-state index in [1.165, 1.54) is 68.2 Å². The fourth-order valence-electron chi connectivity index (χ4n) is 2.98. The van der Waals surface area contributed by atoms with Crippen molar-refractivity contribution in [2.24, 2.45) is 5.92 Å². The van der Waals surface area contributed by atoms with Crippen LogP contribution in [0.2, 0.25) is 0 Å². The van der Waals surface area contributed by atoms with Crippen LogP contribution in [-0.4, -0.2) is 43.4 Å². The Morgan fingerprint density at radius 3 is 2.71 bits per heavy atom. The average molecular weight is 307 g/mol. The molecule has 2 rings (SSSR count). The molecule has 0 spiro atoms. The largest absolute Gasteiger partial charge is 0.316 e. The van der Waals surface area contributed by atoms with Crippen molar-refractivity contribution in [3.63, 3.8) is 0 Å². The summed E-state index contributed by atoms with van der Waals surface area (Å²) < 4.78 is 0. The zero-order valence-electron chi connectivity index (χ0n) is 13.6. The molecule has 1 fully saturated rings. The maximum atomic E-state index is 3.54. The Morgan fingerprint density at radius 2 is 2.05 bits per heavy atom. The van der Waals surface area contributed by atoms with E-state index in [0.29, 0.717) is 0 Å². The van der Waals surface area contributed by atoms with Gasteiger partial charge in [-0.25, -0.2) is 0 Å². The first-order valence-electron chi connectivity index (χ1n) is 8.40. The molecule has 1 aromatic rings. The molecule has 118 valence electrons. The first-order chi connectivity index (χ1) is 10.3. The Kier molecular flexibility index (Phi) is 7.62. The number of thioether (sulfide) groups is 1. The van der Waals surface area contributed by atoms with Gasteiger partial charge >= 0.3 is 0 Å². The molecule has 2 nitrogen and oxygen atoms in total. The number of aryl methyl sites for hydroxylation is 1. The fourth-order valence-corrected chi connectivity index (χ4v) is 3.90. The van der Waals surface area contributed by atoms with Gasteiger partial charge in [0.15, 0.2) is 0 Å². The Balaban J connectivity index is 1.72. The van der Waals surface area contributed by atoms with Crippen LogP contribution in [0.15, 0.2) is 29.2 Å². The van der Waals surface area contributed by atoms with E-state index in [4.69, 9.17) is 0 Å². The number of hydrogen-bond acceptors (Lipinski definition) is 3.